The van der Waals surface area contributed by atoms with Crippen molar-refractivity contribution >= 4 is 23.4 Å². The van der Waals surface area contributed by atoms with E-state index < -0.39 is 6.17 Å². The van der Waals surface area contributed by atoms with Crippen LogP contribution in [0.4, 0.5) is 10.1 Å². The monoisotopic (exact) mass is 475 g/mol. The summed E-state index contributed by atoms with van der Waals surface area (Å²) in [5.41, 5.74) is 1.85. The molecule has 5 rings (SSSR count). The molecular formula is C25H20FN4O3S+. The number of aromatic amines is 1. The zero-order valence-corrected chi connectivity index (χ0v) is 19.0. The lowest BCUT2D eigenvalue weighted by molar-refractivity contribution is -0.764. The predicted molar refractivity (Wildman–Crippen MR) is 127 cm³/mol. The second kappa shape index (κ2) is 8.75. The van der Waals surface area contributed by atoms with Crippen molar-refractivity contribution in [3.05, 3.63) is 95.2 Å². The number of aromatic nitrogens is 3. The summed E-state index contributed by atoms with van der Waals surface area (Å²) in [4.78, 5) is 30.5. The van der Waals surface area contributed by atoms with Crippen molar-refractivity contribution in [2.24, 2.45) is 0 Å². The third kappa shape index (κ3) is 3.73. The molecule has 2 aromatic heterocycles. The molecule has 7 nitrogen and oxygen atoms in total. The number of benzene rings is 2. The Morgan fingerprint density at radius 3 is 2.74 bits per heavy atom. The quantitative estimate of drug-likeness (QED) is 0.264. The van der Waals surface area contributed by atoms with Crippen molar-refractivity contribution in [1.29, 1.82) is 0 Å². The number of thioether (sulfide) groups is 1. The van der Waals surface area contributed by atoms with Gasteiger partial charge in [-0.2, -0.15) is 0 Å². The molecule has 2 aromatic carbocycles. The number of fused-ring (bicyclic) bond motifs is 3. The summed E-state index contributed by atoms with van der Waals surface area (Å²) in [6, 6.07) is 16.6. The van der Waals surface area contributed by atoms with E-state index in [-0.39, 0.29) is 17.3 Å². The van der Waals surface area contributed by atoms with Gasteiger partial charge in [0.15, 0.2) is 5.76 Å². The van der Waals surface area contributed by atoms with Crippen LogP contribution >= 0.6 is 11.8 Å². The molecule has 1 amide bonds. The van der Waals surface area contributed by atoms with E-state index >= 15 is 0 Å². The van der Waals surface area contributed by atoms with Gasteiger partial charge in [-0.05, 0) is 53.2 Å². The van der Waals surface area contributed by atoms with Crippen LogP contribution in [0.25, 0.3) is 22.6 Å². The molecule has 1 atom stereocenters. The van der Waals surface area contributed by atoms with Crippen LogP contribution in [0.1, 0.15) is 18.8 Å². The number of carbonyl (C=O) groups excluding carboxylic acids is 1. The van der Waals surface area contributed by atoms with Crippen LogP contribution in [0.5, 0.6) is 0 Å². The summed E-state index contributed by atoms with van der Waals surface area (Å²) in [5, 5.41) is 5.06. The standard InChI is InChI=1S/C25H19FN4O3S/c1-3-14-34-25-27-23(32)22-18-6-4-5-7-19(18)29(15(2)31)24(30(22)28-25)21-13-12-20(33-21)16-8-10-17(26)11-9-16/h3-13,24H,1,14H2,2H3/p+1/t24-/m1/s1. The Morgan fingerprint density at radius 1 is 1.24 bits per heavy atom. The number of halogens is 1. The molecule has 0 spiro atoms. The summed E-state index contributed by atoms with van der Waals surface area (Å²) >= 11 is 1.32. The maximum absolute atomic E-state index is 13.4. The van der Waals surface area contributed by atoms with Crippen molar-refractivity contribution in [1.82, 2.24) is 10.1 Å². The highest BCUT2D eigenvalue weighted by atomic mass is 32.2. The molecule has 34 heavy (non-hydrogen) atoms. The van der Waals surface area contributed by atoms with E-state index in [9.17, 15) is 14.0 Å². The third-order valence-corrected chi connectivity index (χ3v) is 6.30. The average molecular weight is 476 g/mol. The largest absolute Gasteiger partial charge is 0.452 e. The number of H-pyrrole nitrogens is 1. The van der Waals surface area contributed by atoms with Crippen molar-refractivity contribution in [3.8, 4) is 22.6 Å². The van der Waals surface area contributed by atoms with Crippen LogP contribution in [0.2, 0.25) is 0 Å². The molecule has 0 fully saturated rings. The van der Waals surface area contributed by atoms with Crippen molar-refractivity contribution in [2.75, 3.05) is 10.7 Å². The number of para-hydroxylation sites is 1. The van der Waals surface area contributed by atoms with Gasteiger partial charge in [-0.3, -0.25) is 14.6 Å². The molecule has 1 N–H and O–H groups in total. The average Bonchev–Trinajstić information content (AvgIpc) is 3.31. The molecule has 1 aliphatic heterocycles. The highest BCUT2D eigenvalue weighted by Crippen LogP contribution is 2.38. The van der Waals surface area contributed by atoms with E-state index in [1.807, 2.05) is 6.07 Å². The Balaban J connectivity index is 1.72. The van der Waals surface area contributed by atoms with E-state index in [2.05, 4.69) is 16.7 Å². The Hall–Kier alpha value is -3.98. The molecule has 0 unspecified atom stereocenters. The number of carbonyl (C=O) groups is 1. The summed E-state index contributed by atoms with van der Waals surface area (Å²) < 4.78 is 21.1. The van der Waals surface area contributed by atoms with Gasteiger partial charge in [-0.1, -0.05) is 30.0 Å². The Bertz CT molecular complexity index is 1460. The minimum absolute atomic E-state index is 0.238. The lowest BCUT2D eigenvalue weighted by Gasteiger charge is -2.30. The molecule has 3 heterocycles. The Labute approximate surface area is 198 Å². The second-order valence-electron chi connectivity index (χ2n) is 7.64. The minimum atomic E-state index is -0.832. The van der Waals surface area contributed by atoms with E-state index in [4.69, 9.17) is 4.42 Å². The molecule has 0 aliphatic carbocycles. The smallest absolute Gasteiger partial charge is 0.325 e. The summed E-state index contributed by atoms with van der Waals surface area (Å²) in [5.74, 6) is 0.881. The van der Waals surface area contributed by atoms with Crippen LogP contribution in [-0.4, -0.2) is 21.7 Å². The minimum Gasteiger partial charge on any atom is -0.452 e. The topological polar surface area (TPSA) is 83.1 Å². The van der Waals surface area contributed by atoms with Gasteiger partial charge in [0.1, 0.15) is 11.6 Å². The molecule has 0 saturated heterocycles. The van der Waals surface area contributed by atoms with Gasteiger partial charge in [0.25, 0.3) is 0 Å². The molecular weight excluding hydrogens is 455 g/mol. The lowest BCUT2D eigenvalue weighted by Crippen LogP contribution is -2.60. The first kappa shape index (κ1) is 21.8. The van der Waals surface area contributed by atoms with Crippen LogP contribution < -0.4 is 15.1 Å². The molecule has 0 radical (unpaired) electrons. The van der Waals surface area contributed by atoms with E-state index in [0.29, 0.717) is 44.9 Å². The lowest BCUT2D eigenvalue weighted by atomic mass is 10.0. The Kier molecular flexibility index (Phi) is 5.62. The SMILES string of the molecule is C=CCSc1n[n+]2c(c(=O)[nH]1)-c1ccccc1N(C(C)=O)[C@H]2c1ccc(-c2ccc(F)cc2)o1. The molecule has 9 heteroatoms. The summed E-state index contributed by atoms with van der Waals surface area (Å²) in [6.45, 7) is 5.17. The van der Waals surface area contributed by atoms with Gasteiger partial charge < -0.3 is 4.42 Å². The molecule has 0 saturated carbocycles. The molecule has 1 aliphatic rings. The first-order valence-corrected chi connectivity index (χ1v) is 11.5. The van der Waals surface area contributed by atoms with Crippen LogP contribution in [0.3, 0.4) is 0 Å². The number of hydrogen-bond donors (Lipinski definition) is 1. The van der Waals surface area contributed by atoms with Gasteiger partial charge >= 0.3 is 17.4 Å². The number of anilines is 1. The number of nitrogens with zero attached hydrogens (tertiary/aromatic N) is 3. The first-order valence-electron chi connectivity index (χ1n) is 10.5. The highest BCUT2D eigenvalue weighted by molar-refractivity contribution is 7.99. The third-order valence-electron chi connectivity index (χ3n) is 5.45. The van der Waals surface area contributed by atoms with E-state index in [1.54, 1.807) is 53.4 Å². The van der Waals surface area contributed by atoms with Gasteiger partial charge in [-0.25, -0.2) is 9.29 Å². The fraction of sp³-hybridized carbons (Fsp3) is 0.120. The van der Waals surface area contributed by atoms with Gasteiger partial charge in [-0.15, -0.1) is 6.58 Å². The number of rotatable bonds is 5. The fourth-order valence-corrected chi connectivity index (χ4v) is 4.62. The van der Waals surface area contributed by atoms with Gasteiger partial charge in [0, 0.05) is 23.3 Å². The van der Waals surface area contributed by atoms with Crippen molar-refractivity contribution in [3.63, 3.8) is 0 Å². The maximum Gasteiger partial charge on any atom is 0.325 e. The van der Waals surface area contributed by atoms with E-state index in [0.717, 1.165) is 0 Å². The maximum atomic E-state index is 13.4. The van der Waals surface area contributed by atoms with Gasteiger partial charge in [0.2, 0.25) is 11.1 Å². The number of hydrogen-bond acceptors (Lipinski definition) is 5. The predicted octanol–water partition coefficient (Wildman–Crippen LogP) is 4.32. The molecule has 4 aromatic rings. The van der Waals surface area contributed by atoms with Crippen LogP contribution in [0, 0.1) is 5.82 Å². The van der Waals surface area contributed by atoms with Gasteiger partial charge in [0.05, 0.1) is 11.3 Å². The zero-order valence-electron chi connectivity index (χ0n) is 18.2. The van der Waals surface area contributed by atoms with Crippen LogP contribution in [-0.2, 0) is 4.79 Å². The first-order chi connectivity index (χ1) is 16.5. The van der Waals surface area contributed by atoms with Crippen molar-refractivity contribution < 1.29 is 18.3 Å². The zero-order chi connectivity index (χ0) is 23.8. The van der Waals surface area contributed by atoms with Crippen LogP contribution in [0.15, 0.2) is 87.7 Å². The molecule has 170 valence electrons. The van der Waals surface area contributed by atoms with E-state index in [1.165, 1.54) is 35.5 Å². The number of nitrogens with one attached hydrogen (secondary N) is 1. The number of furan rings is 1. The van der Waals surface area contributed by atoms with Crippen molar-refractivity contribution in [2.45, 2.75) is 18.2 Å². The summed E-state index contributed by atoms with van der Waals surface area (Å²) in [6.07, 6.45) is 0.882. The normalized spacial score (nSPS) is 14.4. The number of amides is 1. The highest BCUT2D eigenvalue weighted by Gasteiger charge is 2.46. The second-order valence-corrected chi connectivity index (χ2v) is 8.65. The molecule has 0 bridgehead atoms. The Morgan fingerprint density at radius 2 is 2.00 bits per heavy atom. The fourth-order valence-electron chi connectivity index (χ4n) is 4.03. The summed E-state index contributed by atoms with van der Waals surface area (Å²) in [7, 11) is 0.